The van der Waals surface area contributed by atoms with Crippen molar-refractivity contribution in [2.45, 2.75) is 13.8 Å². The van der Waals surface area contributed by atoms with Crippen LogP contribution in [0.25, 0.3) is 0 Å². The lowest BCUT2D eigenvalue weighted by atomic mass is 10.2. The summed E-state index contributed by atoms with van der Waals surface area (Å²) in [5.41, 5.74) is 0.460. The van der Waals surface area contributed by atoms with E-state index in [0.717, 1.165) is 6.29 Å². The van der Waals surface area contributed by atoms with E-state index in [1.54, 1.807) is 18.2 Å². The number of carbonyl (C=O) groups is 1. The zero-order chi connectivity index (χ0) is 12.7. The van der Waals surface area contributed by atoms with E-state index in [1.165, 1.54) is 0 Å². The predicted octanol–water partition coefficient (Wildman–Crippen LogP) is 3.20. The molecule has 0 spiro atoms. The van der Waals surface area contributed by atoms with Gasteiger partial charge in [0.15, 0.2) is 6.29 Å². The number of rotatable bonds is 7. The summed E-state index contributed by atoms with van der Waals surface area (Å²) in [6.07, 6.45) is 0.732. The second kappa shape index (κ2) is 7.30. The lowest BCUT2D eigenvalue weighted by molar-refractivity contribution is 0.0814. The Bertz CT molecular complexity index is 364. The highest BCUT2D eigenvalue weighted by atomic mass is 35.5. The van der Waals surface area contributed by atoms with Gasteiger partial charge in [-0.25, -0.2) is 0 Å². The molecule has 0 radical (unpaired) electrons. The molecule has 0 N–H and O–H groups in total. The van der Waals surface area contributed by atoms with Crippen LogP contribution in [0.5, 0.6) is 5.75 Å². The van der Waals surface area contributed by atoms with Gasteiger partial charge in [-0.1, -0.05) is 31.5 Å². The van der Waals surface area contributed by atoms with Crippen LogP contribution in [0, 0.1) is 5.92 Å². The SMILES string of the molecule is CC(C)COCCOc1c(Cl)cccc1C=O. The van der Waals surface area contributed by atoms with E-state index >= 15 is 0 Å². The minimum atomic E-state index is 0.386. The van der Waals surface area contributed by atoms with Crippen molar-refractivity contribution < 1.29 is 14.3 Å². The predicted molar refractivity (Wildman–Crippen MR) is 68.0 cm³/mol. The third-order valence-electron chi connectivity index (χ3n) is 2.05. The van der Waals surface area contributed by atoms with Crippen molar-refractivity contribution in [3.05, 3.63) is 28.8 Å². The topological polar surface area (TPSA) is 35.5 Å². The molecule has 0 aromatic heterocycles. The first-order valence-corrected chi connectivity index (χ1v) is 5.97. The molecule has 0 aliphatic carbocycles. The van der Waals surface area contributed by atoms with Crippen LogP contribution in [-0.4, -0.2) is 26.1 Å². The molecule has 1 rings (SSSR count). The summed E-state index contributed by atoms with van der Waals surface area (Å²) in [5.74, 6) is 0.929. The van der Waals surface area contributed by atoms with E-state index in [1.807, 2.05) is 0 Å². The molecule has 3 nitrogen and oxygen atoms in total. The Morgan fingerprint density at radius 3 is 2.76 bits per heavy atom. The molecular weight excluding hydrogens is 240 g/mol. The Balaban J connectivity index is 2.43. The average molecular weight is 257 g/mol. The van der Waals surface area contributed by atoms with Gasteiger partial charge in [-0.05, 0) is 18.1 Å². The lowest BCUT2D eigenvalue weighted by Crippen LogP contribution is -2.11. The van der Waals surface area contributed by atoms with Gasteiger partial charge >= 0.3 is 0 Å². The number of hydrogen-bond donors (Lipinski definition) is 0. The summed E-state index contributed by atoms with van der Waals surface area (Å²) in [7, 11) is 0. The van der Waals surface area contributed by atoms with Crippen LogP contribution in [0.2, 0.25) is 5.02 Å². The normalized spacial score (nSPS) is 10.6. The van der Waals surface area contributed by atoms with E-state index in [-0.39, 0.29) is 0 Å². The molecule has 1 aromatic rings. The molecule has 0 atom stereocenters. The van der Waals surface area contributed by atoms with Gasteiger partial charge in [0.2, 0.25) is 0 Å². The Morgan fingerprint density at radius 2 is 2.12 bits per heavy atom. The number of para-hydroxylation sites is 1. The highest BCUT2D eigenvalue weighted by Gasteiger charge is 2.07. The maximum atomic E-state index is 10.8. The van der Waals surface area contributed by atoms with Crippen molar-refractivity contribution in [1.29, 1.82) is 0 Å². The van der Waals surface area contributed by atoms with Gasteiger partial charge in [0.25, 0.3) is 0 Å². The van der Waals surface area contributed by atoms with Crippen LogP contribution in [0.1, 0.15) is 24.2 Å². The van der Waals surface area contributed by atoms with Gasteiger partial charge in [0, 0.05) is 6.61 Å². The molecule has 0 amide bonds. The van der Waals surface area contributed by atoms with Crippen LogP contribution in [0.3, 0.4) is 0 Å². The quantitative estimate of drug-likeness (QED) is 0.555. The molecule has 94 valence electrons. The fourth-order valence-corrected chi connectivity index (χ4v) is 1.53. The summed E-state index contributed by atoms with van der Waals surface area (Å²) in [5, 5.41) is 0.443. The highest BCUT2D eigenvalue weighted by molar-refractivity contribution is 6.32. The van der Waals surface area contributed by atoms with E-state index in [2.05, 4.69) is 13.8 Å². The van der Waals surface area contributed by atoms with Crippen LogP contribution in [-0.2, 0) is 4.74 Å². The maximum Gasteiger partial charge on any atom is 0.153 e. The Kier molecular flexibility index (Phi) is 6.01. The monoisotopic (exact) mass is 256 g/mol. The van der Waals surface area contributed by atoms with Crippen molar-refractivity contribution in [3.63, 3.8) is 0 Å². The van der Waals surface area contributed by atoms with Gasteiger partial charge in [-0.2, -0.15) is 0 Å². The molecule has 17 heavy (non-hydrogen) atoms. The number of carbonyl (C=O) groups excluding carboxylic acids is 1. The summed E-state index contributed by atoms with van der Waals surface area (Å²) >= 11 is 5.95. The van der Waals surface area contributed by atoms with Gasteiger partial charge in [-0.3, -0.25) is 4.79 Å². The first kappa shape index (κ1) is 14.0. The van der Waals surface area contributed by atoms with Crippen molar-refractivity contribution in [2.75, 3.05) is 19.8 Å². The van der Waals surface area contributed by atoms with Crippen molar-refractivity contribution in [2.24, 2.45) is 5.92 Å². The molecule has 0 unspecified atom stereocenters. The Labute approximate surface area is 107 Å². The van der Waals surface area contributed by atoms with Crippen molar-refractivity contribution in [1.82, 2.24) is 0 Å². The first-order chi connectivity index (χ1) is 8.15. The van der Waals surface area contributed by atoms with Crippen LogP contribution in [0.4, 0.5) is 0 Å². The molecule has 0 aliphatic rings. The van der Waals surface area contributed by atoms with E-state index in [9.17, 15) is 4.79 Å². The van der Waals surface area contributed by atoms with Crippen LogP contribution >= 0.6 is 11.6 Å². The highest BCUT2D eigenvalue weighted by Crippen LogP contribution is 2.27. The fourth-order valence-electron chi connectivity index (χ4n) is 1.29. The number of halogens is 1. The zero-order valence-corrected chi connectivity index (χ0v) is 10.9. The molecule has 0 heterocycles. The van der Waals surface area contributed by atoms with E-state index < -0.39 is 0 Å². The Morgan fingerprint density at radius 1 is 1.35 bits per heavy atom. The van der Waals surface area contributed by atoms with Crippen molar-refractivity contribution in [3.8, 4) is 5.75 Å². The van der Waals surface area contributed by atoms with Gasteiger partial charge in [0.1, 0.15) is 12.4 Å². The number of hydrogen-bond acceptors (Lipinski definition) is 3. The maximum absolute atomic E-state index is 10.8. The number of aldehydes is 1. The summed E-state index contributed by atoms with van der Waals surface area (Å²) < 4.78 is 10.8. The Hall–Kier alpha value is -1.06. The minimum Gasteiger partial charge on any atom is -0.489 e. The molecule has 0 saturated carbocycles. The molecule has 1 aromatic carbocycles. The molecule has 0 saturated heterocycles. The minimum absolute atomic E-state index is 0.386. The third-order valence-corrected chi connectivity index (χ3v) is 2.35. The van der Waals surface area contributed by atoms with Crippen molar-refractivity contribution >= 4 is 17.9 Å². The fraction of sp³-hybridized carbons (Fsp3) is 0.462. The standard InChI is InChI=1S/C13H17ClO3/c1-10(2)9-16-6-7-17-13-11(8-15)4-3-5-12(13)14/h3-5,8,10H,6-7,9H2,1-2H3. The smallest absolute Gasteiger partial charge is 0.153 e. The zero-order valence-electron chi connectivity index (χ0n) is 10.1. The molecule has 4 heteroatoms. The van der Waals surface area contributed by atoms with Crippen LogP contribution in [0.15, 0.2) is 18.2 Å². The molecule has 0 aliphatic heterocycles. The third kappa shape index (κ3) is 4.75. The largest absolute Gasteiger partial charge is 0.489 e. The summed E-state index contributed by atoms with van der Waals surface area (Å²) in [4.78, 5) is 10.8. The van der Waals surface area contributed by atoms with E-state index in [0.29, 0.717) is 42.1 Å². The molecular formula is C13H17ClO3. The lowest BCUT2D eigenvalue weighted by Gasteiger charge is -2.11. The number of benzene rings is 1. The number of ether oxygens (including phenoxy) is 2. The van der Waals surface area contributed by atoms with E-state index in [4.69, 9.17) is 21.1 Å². The first-order valence-electron chi connectivity index (χ1n) is 5.59. The molecule has 0 bridgehead atoms. The average Bonchev–Trinajstić information content (AvgIpc) is 2.30. The van der Waals surface area contributed by atoms with Gasteiger partial charge in [0.05, 0.1) is 17.2 Å². The van der Waals surface area contributed by atoms with Gasteiger partial charge < -0.3 is 9.47 Å². The van der Waals surface area contributed by atoms with Gasteiger partial charge in [-0.15, -0.1) is 0 Å². The molecule has 0 fully saturated rings. The second-order valence-corrected chi connectivity index (χ2v) is 4.50. The van der Waals surface area contributed by atoms with Crippen LogP contribution < -0.4 is 4.74 Å². The summed E-state index contributed by atoms with van der Waals surface area (Å²) in [6.45, 7) is 5.74. The summed E-state index contributed by atoms with van der Waals surface area (Å²) in [6, 6.07) is 5.08. The second-order valence-electron chi connectivity index (χ2n) is 4.09.